The van der Waals surface area contributed by atoms with Gasteiger partial charge in [0.2, 0.25) is 0 Å². The van der Waals surface area contributed by atoms with Crippen molar-refractivity contribution in [3.8, 4) is 0 Å². The average molecular weight is 193 g/mol. The van der Waals surface area contributed by atoms with E-state index in [1.165, 1.54) is 0 Å². The SMILES string of the molecule is Cc1c(C2(C)NCCC2=O)cnn1C. The van der Waals surface area contributed by atoms with Gasteiger partial charge in [0, 0.05) is 31.3 Å². The summed E-state index contributed by atoms with van der Waals surface area (Å²) < 4.78 is 1.80. The second-order valence-corrected chi connectivity index (χ2v) is 3.99. The van der Waals surface area contributed by atoms with Crippen LogP contribution in [-0.4, -0.2) is 22.1 Å². The van der Waals surface area contributed by atoms with Crippen molar-refractivity contribution in [2.45, 2.75) is 25.8 Å². The molecule has 4 nitrogen and oxygen atoms in total. The fraction of sp³-hybridized carbons (Fsp3) is 0.600. The Morgan fingerprint density at radius 2 is 2.36 bits per heavy atom. The lowest BCUT2D eigenvalue weighted by atomic mass is 9.90. The van der Waals surface area contributed by atoms with Crippen molar-refractivity contribution in [2.75, 3.05) is 6.54 Å². The van der Waals surface area contributed by atoms with Crippen LogP contribution in [0.15, 0.2) is 6.20 Å². The lowest BCUT2D eigenvalue weighted by molar-refractivity contribution is -0.122. The first-order valence-corrected chi connectivity index (χ1v) is 4.83. The summed E-state index contributed by atoms with van der Waals surface area (Å²) in [5.74, 6) is 0.258. The number of nitrogens with one attached hydrogen (secondary N) is 1. The number of rotatable bonds is 1. The van der Waals surface area contributed by atoms with Gasteiger partial charge in [-0.05, 0) is 13.8 Å². The summed E-state index contributed by atoms with van der Waals surface area (Å²) in [5, 5.41) is 7.42. The van der Waals surface area contributed by atoms with E-state index in [1.54, 1.807) is 10.9 Å². The van der Waals surface area contributed by atoms with Crippen LogP contribution in [0.25, 0.3) is 0 Å². The zero-order valence-corrected chi connectivity index (χ0v) is 8.79. The van der Waals surface area contributed by atoms with Gasteiger partial charge in [-0.1, -0.05) is 0 Å². The average Bonchev–Trinajstić information content (AvgIpc) is 2.62. The van der Waals surface area contributed by atoms with E-state index in [0.717, 1.165) is 17.8 Å². The van der Waals surface area contributed by atoms with Gasteiger partial charge >= 0.3 is 0 Å². The Kier molecular flexibility index (Phi) is 1.96. The Labute approximate surface area is 83.3 Å². The maximum atomic E-state index is 11.8. The van der Waals surface area contributed by atoms with Crippen molar-refractivity contribution in [1.29, 1.82) is 0 Å². The lowest BCUT2D eigenvalue weighted by Crippen LogP contribution is -2.39. The minimum Gasteiger partial charge on any atom is -0.301 e. The molecule has 0 amide bonds. The van der Waals surface area contributed by atoms with E-state index in [9.17, 15) is 4.79 Å². The smallest absolute Gasteiger partial charge is 0.158 e. The topological polar surface area (TPSA) is 46.9 Å². The molecule has 2 heterocycles. The van der Waals surface area contributed by atoms with Gasteiger partial charge in [0.25, 0.3) is 0 Å². The zero-order valence-electron chi connectivity index (χ0n) is 8.79. The van der Waals surface area contributed by atoms with E-state index < -0.39 is 5.54 Å². The van der Waals surface area contributed by atoms with E-state index in [0.29, 0.717) is 6.42 Å². The number of Topliss-reactive ketones (excluding diaryl/α,β-unsaturated/α-hetero) is 1. The second kappa shape index (κ2) is 2.92. The van der Waals surface area contributed by atoms with Crippen LogP contribution in [0.2, 0.25) is 0 Å². The van der Waals surface area contributed by atoms with Crippen LogP contribution in [0, 0.1) is 6.92 Å². The lowest BCUT2D eigenvalue weighted by Gasteiger charge is -2.22. The highest BCUT2D eigenvalue weighted by molar-refractivity contribution is 5.91. The summed E-state index contributed by atoms with van der Waals surface area (Å²) in [6, 6.07) is 0. The molecular weight excluding hydrogens is 178 g/mol. The molecular formula is C10H15N3O. The van der Waals surface area contributed by atoms with E-state index >= 15 is 0 Å². The number of ketones is 1. The predicted octanol–water partition coefficient (Wildman–Crippen LogP) is 0.506. The van der Waals surface area contributed by atoms with Crippen molar-refractivity contribution in [1.82, 2.24) is 15.1 Å². The molecule has 76 valence electrons. The number of carbonyl (C=O) groups excluding carboxylic acids is 1. The van der Waals surface area contributed by atoms with Gasteiger partial charge in [-0.2, -0.15) is 5.10 Å². The second-order valence-electron chi connectivity index (χ2n) is 3.99. The molecule has 1 aromatic rings. The maximum absolute atomic E-state index is 11.8. The fourth-order valence-electron chi connectivity index (χ4n) is 2.01. The van der Waals surface area contributed by atoms with Crippen molar-refractivity contribution in [3.05, 3.63) is 17.5 Å². The number of carbonyl (C=O) groups is 1. The number of nitrogens with zero attached hydrogens (tertiary/aromatic N) is 2. The third kappa shape index (κ3) is 1.10. The Morgan fingerprint density at radius 3 is 2.79 bits per heavy atom. The number of hydrogen-bond donors (Lipinski definition) is 1. The minimum atomic E-state index is -0.516. The zero-order chi connectivity index (χ0) is 10.3. The molecule has 1 unspecified atom stereocenters. The van der Waals surface area contributed by atoms with Gasteiger partial charge in [0.15, 0.2) is 5.78 Å². The molecule has 1 fully saturated rings. The maximum Gasteiger partial charge on any atom is 0.158 e. The molecule has 4 heteroatoms. The Morgan fingerprint density at radius 1 is 1.64 bits per heavy atom. The van der Waals surface area contributed by atoms with Gasteiger partial charge in [-0.15, -0.1) is 0 Å². The van der Waals surface area contributed by atoms with Crippen molar-refractivity contribution >= 4 is 5.78 Å². The molecule has 0 aliphatic carbocycles. The number of hydrogen-bond acceptors (Lipinski definition) is 3. The molecule has 1 aliphatic heterocycles. The molecule has 0 aromatic carbocycles. The summed E-state index contributed by atoms with van der Waals surface area (Å²) in [6.07, 6.45) is 2.40. The highest BCUT2D eigenvalue weighted by Gasteiger charge is 2.40. The molecule has 0 saturated carbocycles. The molecule has 1 N–H and O–H groups in total. The van der Waals surface area contributed by atoms with Crippen molar-refractivity contribution in [3.63, 3.8) is 0 Å². The molecule has 1 atom stereocenters. The van der Waals surface area contributed by atoms with Crippen LogP contribution >= 0.6 is 0 Å². The summed E-state index contributed by atoms with van der Waals surface area (Å²) in [4.78, 5) is 11.8. The van der Waals surface area contributed by atoms with E-state index in [1.807, 2.05) is 20.9 Å². The Bertz CT molecular complexity index is 383. The van der Waals surface area contributed by atoms with Crippen molar-refractivity contribution in [2.24, 2.45) is 7.05 Å². The Balaban J connectivity index is 2.48. The highest BCUT2D eigenvalue weighted by atomic mass is 16.1. The van der Waals surface area contributed by atoms with Crippen LogP contribution in [-0.2, 0) is 17.4 Å². The molecule has 0 bridgehead atoms. The Hall–Kier alpha value is -1.16. The van der Waals surface area contributed by atoms with E-state index in [2.05, 4.69) is 10.4 Å². The molecule has 0 radical (unpaired) electrons. The molecule has 14 heavy (non-hydrogen) atoms. The predicted molar refractivity (Wildman–Crippen MR) is 52.9 cm³/mol. The third-order valence-electron chi connectivity index (χ3n) is 3.16. The quantitative estimate of drug-likeness (QED) is 0.706. The van der Waals surface area contributed by atoms with Gasteiger partial charge in [-0.3, -0.25) is 9.48 Å². The molecule has 2 rings (SSSR count). The molecule has 1 saturated heterocycles. The first kappa shape index (κ1) is 9.40. The largest absolute Gasteiger partial charge is 0.301 e. The van der Waals surface area contributed by atoms with E-state index in [-0.39, 0.29) is 5.78 Å². The van der Waals surface area contributed by atoms with Gasteiger partial charge in [0.05, 0.1) is 6.20 Å². The molecule has 1 aliphatic rings. The summed E-state index contributed by atoms with van der Waals surface area (Å²) >= 11 is 0. The fourth-order valence-corrected chi connectivity index (χ4v) is 2.01. The van der Waals surface area contributed by atoms with Gasteiger partial charge < -0.3 is 5.32 Å². The molecule has 1 aromatic heterocycles. The van der Waals surface area contributed by atoms with Gasteiger partial charge in [0.1, 0.15) is 5.54 Å². The number of aromatic nitrogens is 2. The minimum absolute atomic E-state index is 0.258. The van der Waals surface area contributed by atoms with Crippen LogP contribution in [0.1, 0.15) is 24.6 Å². The first-order valence-electron chi connectivity index (χ1n) is 4.83. The van der Waals surface area contributed by atoms with E-state index in [4.69, 9.17) is 0 Å². The third-order valence-corrected chi connectivity index (χ3v) is 3.16. The summed E-state index contributed by atoms with van der Waals surface area (Å²) in [7, 11) is 1.89. The van der Waals surface area contributed by atoms with Crippen molar-refractivity contribution < 1.29 is 4.79 Å². The summed E-state index contributed by atoms with van der Waals surface area (Å²) in [6.45, 7) is 4.69. The van der Waals surface area contributed by atoms with Crippen LogP contribution in [0.4, 0.5) is 0 Å². The van der Waals surface area contributed by atoms with Crippen LogP contribution in [0.3, 0.4) is 0 Å². The van der Waals surface area contributed by atoms with Crippen LogP contribution < -0.4 is 5.32 Å². The normalized spacial score (nSPS) is 27.2. The van der Waals surface area contributed by atoms with Crippen LogP contribution in [0.5, 0.6) is 0 Å². The number of aryl methyl sites for hydroxylation is 1. The monoisotopic (exact) mass is 193 g/mol. The molecule has 0 spiro atoms. The van der Waals surface area contributed by atoms with Gasteiger partial charge in [-0.25, -0.2) is 0 Å². The summed E-state index contributed by atoms with van der Waals surface area (Å²) in [5.41, 5.74) is 1.54. The standard InChI is InChI=1S/C10H15N3O/c1-7-8(6-12-13(7)3)10(2)9(14)4-5-11-10/h6,11H,4-5H2,1-3H3. The highest BCUT2D eigenvalue weighted by Crippen LogP contribution is 2.29. The first-order chi connectivity index (χ1) is 6.55.